The molecule has 3 aromatic rings. The zero-order valence-corrected chi connectivity index (χ0v) is 16.7. The highest BCUT2D eigenvalue weighted by Gasteiger charge is 2.17. The van der Waals surface area contributed by atoms with E-state index in [-0.39, 0.29) is 11.8 Å². The van der Waals surface area contributed by atoms with Crippen LogP contribution in [0.1, 0.15) is 16.1 Å². The van der Waals surface area contributed by atoms with E-state index < -0.39 is 11.8 Å². The normalized spacial score (nSPS) is 14.1. The molecule has 0 amide bonds. The summed E-state index contributed by atoms with van der Waals surface area (Å²) in [6.45, 7) is 2.17. The van der Waals surface area contributed by atoms with Crippen molar-refractivity contribution in [2.24, 2.45) is 5.10 Å². The number of furan rings is 1. The molecule has 0 saturated carbocycles. The van der Waals surface area contributed by atoms with Gasteiger partial charge in [0.05, 0.1) is 38.3 Å². The number of hydrogen-bond donors (Lipinski definition) is 1. The van der Waals surface area contributed by atoms with Gasteiger partial charge in [-0.2, -0.15) is 10.1 Å². The highest BCUT2D eigenvalue weighted by Crippen LogP contribution is 2.22. The minimum Gasteiger partial charge on any atom is -0.465 e. The van der Waals surface area contributed by atoms with Crippen LogP contribution in [-0.4, -0.2) is 55.6 Å². The van der Waals surface area contributed by atoms with Gasteiger partial charge in [-0.25, -0.2) is 19.6 Å². The number of carbonyl (C=O) groups excluding carboxylic acids is 1. The lowest BCUT2D eigenvalue weighted by atomic mass is 10.1. The maximum Gasteiger partial charge on any atom is 0.337 e. The van der Waals surface area contributed by atoms with E-state index >= 15 is 0 Å². The Labute approximate surface area is 177 Å². The summed E-state index contributed by atoms with van der Waals surface area (Å²) in [5.74, 6) is 0.603. The van der Waals surface area contributed by atoms with Crippen molar-refractivity contribution in [3.05, 3.63) is 59.7 Å². The van der Waals surface area contributed by atoms with Gasteiger partial charge in [-0.3, -0.25) is 0 Å². The van der Waals surface area contributed by atoms with Gasteiger partial charge in [0.1, 0.15) is 11.5 Å². The van der Waals surface area contributed by atoms with E-state index in [0.29, 0.717) is 43.4 Å². The number of aromatic nitrogens is 2. The molecule has 0 bridgehead atoms. The highest BCUT2D eigenvalue weighted by molar-refractivity contribution is 5.89. The summed E-state index contributed by atoms with van der Waals surface area (Å²) in [4.78, 5) is 21.4. The van der Waals surface area contributed by atoms with Crippen molar-refractivity contribution in [1.82, 2.24) is 9.97 Å². The molecule has 2 aromatic heterocycles. The van der Waals surface area contributed by atoms with Crippen LogP contribution in [0, 0.1) is 5.82 Å². The number of nitrogens with one attached hydrogen (secondary N) is 1. The average molecular weight is 425 g/mol. The molecule has 1 fully saturated rings. The lowest BCUT2D eigenvalue weighted by Gasteiger charge is -2.27. The van der Waals surface area contributed by atoms with Crippen LogP contribution in [0.25, 0.3) is 11.3 Å². The Kier molecular flexibility index (Phi) is 6.18. The van der Waals surface area contributed by atoms with Gasteiger partial charge in [-0.15, -0.1) is 0 Å². The molecule has 0 aliphatic carbocycles. The molecule has 4 rings (SSSR count). The number of carbonyl (C=O) groups is 1. The van der Waals surface area contributed by atoms with Gasteiger partial charge in [0.2, 0.25) is 5.95 Å². The number of rotatable bonds is 6. The molecule has 0 unspecified atom stereocenters. The van der Waals surface area contributed by atoms with Gasteiger partial charge in [0.25, 0.3) is 0 Å². The molecule has 0 spiro atoms. The smallest absolute Gasteiger partial charge is 0.337 e. The summed E-state index contributed by atoms with van der Waals surface area (Å²) >= 11 is 0. The van der Waals surface area contributed by atoms with Crippen molar-refractivity contribution < 1.29 is 23.1 Å². The van der Waals surface area contributed by atoms with Gasteiger partial charge in [0, 0.05) is 18.7 Å². The molecule has 9 nitrogen and oxygen atoms in total. The number of halogens is 1. The number of morpholine rings is 1. The average Bonchev–Trinajstić information content (AvgIpc) is 3.29. The largest absolute Gasteiger partial charge is 0.465 e. The standard InChI is InChI=1S/C21H20FN5O4/c1-29-20(28)15-4-2-14(3-5-15)18-7-6-16(31-18)12-24-26-21-23-13-17(22)19(25-21)27-8-10-30-11-9-27/h2-7,12-13H,8-11H2,1H3,(H,23,25,26)/b24-12+. The van der Waals surface area contributed by atoms with E-state index in [1.54, 1.807) is 41.3 Å². The Morgan fingerprint density at radius 2 is 2.00 bits per heavy atom. The van der Waals surface area contributed by atoms with Gasteiger partial charge >= 0.3 is 5.97 Å². The van der Waals surface area contributed by atoms with Crippen molar-refractivity contribution in [2.75, 3.05) is 43.7 Å². The molecule has 1 aliphatic heterocycles. The van der Waals surface area contributed by atoms with E-state index in [2.05, 4.69) is 25.2 Å². The minimum atomic E-state index is -0.495. The quantitative estimate of drug-likeness (QED) is 0.365. The van der Waals surface area contributed by atoms with Crippen LogP contribution in [0.15, 0.2) is 52.1 Å². The third-order valence-corrected chi connectivity index (χ3v) is 4.61. The van der Waals surface area contributed by atoms with E-state index in [1.165, 1.54) is 13.3 Å². The molecular weight excluding hydrogens is 405 g/mol. The third kappa shape index (κ3) is 4.86. The van der Waals surface area contributed by atoms with Crippen molar-refractivity contribution in [3.8, 4) is 11.3 Å². The van der Waals surface area contributed by atoms with Crippen LogP contribution in [-0.2, 0) is 9.47 Å². The van der Waals surface area contributed by atoms with E-state index in [1.807, 2.05) is 0 Å². The number of esters is 1. The van der Waals surface area contributed by atoms with Crippen molar-refractivity contribution in [3.63, 3.8) is 0 Å². The zero-order valence-electron chi connectivity index (χ0n) is 16.7. The Morgan fingerprint density at radius 1 is 1.23 bits per heavy atom. The second kappa shape index (κ2) is 9.35. The van der Waals surface area contributed by atoms with Gasteiger partial charge in [-0.1, -0.05) is 12.1 Å². The Morgan fingerprint density at radius 3 is 2.74 bits per heavy atom. The van der Waals surface area contributed by atoms with Crippen LogP contribution in [0.5, 0.6) is 0 Å². The second-order valence-corrected chi connectivity index (χ2v) is 6.61. The lowest BCUT2D eigenvalue weighted by Crippen LogP contribution is -2.37. The molecule has 0 atom stereocenters. The maximum absolute atomic E-state index is 14.1. The van der Waals surface area contributed by atoms with Crippen LogP contribution < -0.4 is 10.3 Å². The molecule has 1 aliphatic rings. The fourth-order valence-corrected chi connectivity index (χ4v) is 3.03. The SMILES string of the molecule is COC(=O)c1ccc(-c2ccc(/C=N/Nc3ncc(F)c(N4CCOCC4)n3)o2)cc1. The summed E-state index contributed by atoms with van der Waals surface area (Å²) in [5, 5.41) is 4.06. The first-order valence-corrected chi connectivity index (χ1v) is 9.57. The summed E-state index contributed by atoms with van der Waals surface area (Å²) in [6, 6.07) is 10.4. The molecule has 0 radical (unpaired) electrons. The molecule has 1 saturated heterocycles. The number of nitrogens with zero attached hydrogens (tertiary/aromatic N) is 4. The van der Waals surface area contributed by atoms with Crippen molar-refractivity contribution in [1.29, 1.82) is 0 Å². The number of methoxy groups -OCH3 is 1. The molecule has 1 aromatic carbocycles. The Balaban J connectivity index is 1.41. The number of anilines is 2. The number of hydrogen-bond acceptors (Lipinski definition) is 9. The fraction of sp³-hybridized carbons (Fsp3) is 0.238. The summed E-state index contributed by atoms with van der Waals surface area (Å²) in [5.41, 5.74) is 3.95. The minimum absolute atomic E-state index is 0.171. The first-order valence-electron chi connectivity index (χ1n) is 9.57. The Bertz CT molecular complexity index is 1080. The molecule has 10 heteroatoms. The van der Waals surface area contributed by atoms with Gasteiger partial charge in [-0.05, 0) is 24.3 Å². The van der Waals surface area contributed by atoms with Gasteiger partial charge < -0.3 is 18.8 Å². The number of benzene rings is 1. The zero-order chi connectivity index (χ0) is 21.6. The topological polar surface area (TPSA) is 102 Å². The van der Waals surface area contributed by atoms with E-state index in [9.17, 15) is 9.18 Å². The third-order valence-electron chi connectivity index (χ3n) is 4.61. The molecule has 3 heterocycles. The molecular formula is C21H20FN5O4. The van der Waals surface area contributed by atoms with Crippen LogP contribution in [0.2, 0.25) is 0 Å². The van der Waals surface area contributed by atoms with E-state index in [4.69, 9.17) is 9.15 Å². The first kappa shape index (κ1) is 20.5. The van der Waals surface area contributed by atoms with Gasteiger partial charge in [0.15, 0.2) is 11.6 Å². The summed E-state index contributed by atoms with van der Waals surface area (Å²) < 4.78 is 29.8. The Hall–Kier alpha value is -3.79. The predicted octanol–water partition coefficient (Wildman–Crippen LogP) is 2.94. The number of hydrazone groups is 1. The lowest BCUT2D eigenvalue weighted by molar-refractivity contribution is 0.0600. The monoisotopic (exact) mass is 425 g/mol. The summed E-state index contributed by atoms with van der Waals surface area (Å²) in [6.07, 6.45) is 2.58. The van der Waals surface area contributed by atoms with Crippen LogP contribution >= 0.6 is 0 Å². The van der Waals surface area contributed by atoms with Crippen molar-refractivity contribution >= 4 is 24.0 Å². The molecule has 1 N–H and O–H groups in total. The first-order chi connectivity index (χ1) is 15.1. The van der Waals surface area contributed by atoms with Crippen LogP contribution in [0.3, 0.4) is 0 Å². The fourth-order valence-electron chi connectivity index (χ4n) is 3.03. The van der Waals surface area contributed by atoms with Crippen molar-refractivity contribution in [2.45, 2.75) is 0 Å². The maximum atomic E-state index is 14.1. The number of ether oxygens (including phenoxy) is 2. The molecule has 31 heavy (non-hydrogen) atoms. The van der Waals surface area contributed by atoms with Crippen LogP contribution in [0.4, 0.5) is 16.2 Å². The predicted molar refractivity (Wildman–Crippen MR) is 112 cm³/mol. The highest BCUT2D eigenvalue weighted by atomic mass is 19.1. The molecule has 160 valence electrons. The second-order valence-electron chi connectivity index (χ2n) is 6.61. The summed E-state index contributed by atoms with van der Waals surface area (Å²) in [7, 11) is 1.34. The van der Waals surface area contributed by atoms with E-state index in [0.717, 1.165) is 11.8 Å².